The maximum atomic E-state index is 13.9. The number of phosphoric ester groups is 1. The van der Waals surface area contributed by atoms with Gasteiger partial charge in [-0.1, -0.05) is 92.4 Å². The fourth-order valence-corrected chi connectivity index (χ4v) is 6.74. The van der Waals surface area contributed by atoms with Gasteiger partial charge in [-0.05, 0) is 32.1 Å². The maximum Gasteiger partial charge on any atom is 0.475 e. The van der Waals surface area contributed by atoms with Crippen LogP contribution in [-0.2, 0) is 31.7 Å². The van der Waals surface area contributed by atoms with Crippen molar-refractivity contribution in [2.45, 2.75) is 130 Å². The molecule has 0 aliphatic rings. The second kappa shape index (κ2) is 21.5. The second-order valence-electron chi connectivity index (χ2n) is 8.50. The summed E-state index contributed by atoms with van der Waals surface area (Å²) in [6.45, 7) is 11.5. The molecule has 7 nitrogen and oxygen atoms in total. The summed E-state index contributed by atoms with van der Waals surface area (Å²) < 4.78 is 56.3. The van der Waals surface area contributed by atoms with Crippen LogP contribution in [0.4, 0.5) is 0 Å². The van der Waals surface area contributed by atoms with Crippen LogP contribution in [0.1, 0.15) is 125 Å². The molecule has 200 valence electrons. The Hall–Kier alpha value is 0.260. The standard InChI is InChI=1S/C24H52O7P2/c1-6-11-16-17-18-19-24(32(25,27-20-12-7-2)28-21-13-8-3)31-33(26,29-22-14-9-4)30-23-15-10-5/h24H,6-23H2,1-5H3. The minimum atomic E-state index is -3.90. The van der Waals surface area contributed by atoms with Gasteiger partial charge in [-0.3, -0.25) is 18.1 Å². The van der Waals surface area contributed by atoms with Crippen molar-refractivity contribution in [3.63, 3.8) is 0 Å². The molecule has 0 aliphatic carbocycles. The lowest BCUT2D eigenvalue weighted by molar-refractivity contribution is 0.0768. The first-order valence-electron chi connectivity index (χ1n) is 13.4. The van der Waals surface area contributed by atoms with E-state index < -0.39 is 21.3 Å². The van der Waals surface area contributed by atoms with E-state index in [1.54, 1.807) is 0 Å². The predicted molar refractivity (Wildman–Crippen MR) is 137 cm³/mol. The van der Waals surface area contributed by atoms with E-state index in [1.807, 2.05) is 27.7 Å². The zero-order chi connectivity index (χ0) is 24.8. The Balaban J connectivity index is 5.62. The van der Waals surface area contributed by atoms with Gasteiger partial charge in [0.1, 0.15) is 0 Å². The molecule has 0 saturated heterocycles. The summed E-state index contributed by atoms with van der Waals surface area (Å²) in [5.74, 6) is -0.970. The Bertz CT molecular complexity index is 503. The van der Waals surface area contributed by atoms with Crippen molar-refractivity contribution in [2.75, 3.05) is 26.4 Å². The van der Waals surface area contributed by atoms with E-state index in [0.717, 1.165) is 83.5 Å². The second-order valence-corrected chi connectivity index (χ2v) is 12.3. The summed E-state index contributed by atoms with van der Waals surface area (Å²) in [5, 5.41) is 0. The first kappa shape index (κ1) is 33.3. The van der Waals surface area contributed by atoms with Crippen LogP contribution in [0.2, 0.25) is 0 Å². The van der Waals surface area contributed by atoms with Crippen molar-refractivity contribution in [3.05, 3.63) is 0 Å². The van der Waals surface area contributed by atoms with Crippen LogP contribution in [0.3, 0.4) is 0 Å². The molecule has 33 heavy (non-hydrogen) atoms. The van der Waals surface area contributed by atoms with E-state index >= 15 is 0 Å². The van der Waals surface area contributed by atoms with E-state index in [-0.39, 0.29) is 13.2 Å². The zero-order valence-electron chi connectivity index (χ0n) is 22.1. The molecule has 1 unspecified atom stereocenters. The Morgan fingerprint density at radius 2 is 0.909 bits per heavy atom. The van der Waals surface area contributed by atoms with Gasteiger partial charge in [0.2, 0.25) is 0 Å². The molecular weight excluding hydrogens is 462 g/mol. The summed E-state index contributed by atoms with van der Waals surface area (Å²) >= 11 is 0. The van der Waals surface area contributed by atoms with Crippen LogP contribution in [0.15, 0.2) is 0 Å². The summed E-state index contributed by atoms with van der Waals surface area (Å²) in [6.07, 6.45) is 12.2. The van der Waals surface area contributed by atoms with Gasteiger partial charge < -0.3 is 9.05 Å². The summed E-state index contributed by atoms with van der Waals surface area (Å²) in [6, 6.07) is 0. The molecule has 0 heterocycles. The molecule has 0 aromatic carbocycles. The number of hydrogen-bond donors (Lipinski definition) is 0. The molecule has 0 fully saturated rings. The minimum Gasteiger partial charge on any atom is -0.307 e. The lowest BCUT2D eigenvalue weighted by Crippen LogP contribution is -2.19. The topological polar surface area (TPSA) is 80.3 Å². The fourth-order valence-electron chi connectivity index (χ4n) is 2.96. The molecule has 0 bridgehead atoms. The number of rotatable bonds is 25. The largest absolute Gasteiger partial charge is 0.475 e. The molecule has 0 N–H and O–H groups in total. The van der Waals surface area contributed by atoms with Crippen molar-refractivity contribution in [3.8, 4) is 0 Å². The monoisotopic (exact) mass is 514 g/mol. The molecule has 0 aromatic rings. The van der Waals surface area contributed by atoms with Gasteiger partial charge in [0.05, 0.1) is 26.4 Å². The van der Waals surface area contributed by atoms with E-state index in [2.05, 4.69) is 6.92 Å². The summed E-state index contributed by atoms with van der Waals surface area (Å²) in [4.78, 5) is 0. The van der Waals surface area contributed by atoms with Gasteiger partial charge in [-0.15, -0.1) is 0 Å². The van der Waals surface area contributed by atoms with Gasteiger partial charge in [0, 0.05) is 0 Å². The molecular formula is C24H52O7P2. The fraction of sp³-hybridized carbons (Fsp3) is 1.00. The van der Waals surface area contributed by atoms with Crippen LogP contribution in [0, 0.1) is 0 Å². The highest BCUT2D eigenvalue weighted by molar-refractivity contribution is 7.55. The third kappa shape index (κ3) is 16.5. The predicted octanol–water partition coefficient (Wildman–Crippen LogP) is 9.26. The van der Waals surface area contributed by atoms with Gasteiger partial charge >= 0.3 is 15.4 Å². The third-order valence-corrected chi connectivity index (χ3v) is 9.02. The van der Waals surface area contributed by atoms with E-state index in [9.17, 15) is 9.13 Å². The molecule has 0 saturated carbocycles. The van der Waals surface area contributed by atoms with Crippen molar-refractivity contribution >= 4 is 15.4 Å². The van der Waals surface area contributed by atoms with Gasteiger partial charge in [-0.25, -0.2) is 4.57 Å². The van der Waals surface area contributed by atoms with Crippen molar-refractivity contribution in [1.82, 2.24) is 0 Å². The van der Waals surface area contributed by atoms with Crippen LogP contribution < -0.4 is 0 Å². The first-order chi connectivity index (χ1) is 15.9. The van der Waals surface area contributed by atoms with Crippen molar-refractivity contribution in [1.29, 1.82) is 0 Å². The average Bonchev–Trinajstić information content (AvgIpc) is 2.79. The average molecular weight is 515 g/mol. The van der Waals surface area contributed by atoms with Crippen LogP contribution >= 0.6 is 15.4 Å². The highest BCUT2D eigenvalue weighted by Gasteiger charge is 2.43. The molecule has 1 atom stereocenters. The molecule has 0 rings (SSSR count). The highest BCUT2D eigenvalue weighted by atomic mass is 31.2. The Kier molecular flexibility index (Phi) is 21.7. The van der Waals surface area contributed by atoms with Crippen molar-refractivity contribution < 1.29 is 31.7 Å². The number of phosphoric acid groups is 1. The van der Waals surface area contributed by atoms with E-state index in [4.69, 9.17) is 22.6 Å². The SMILES string of the molecule is CCCCCCCC(OP(=O)(OCCCC)OCCCC)P(=O)(OCCCC)OCCCC. The molecule has 0 aliphatic heterocycles. The third-order valence-electron chi connectivity index (χ3n) is 5.19. The first-order valence-corrected chi connectivity index (χ1v) is 16.4. The quantitative estimate of drug-likeness (QED) is 0.0887. The minimum absolute atomic E-state index is 0.265. The lowest BCUT2D eigenvalue weighted by atomic mass is 10.1. The number of hydrogen-bond acceptors (Lipinski definition) is 7. The summed E-state index contributed by atoms with van der Waals surface area (Å²) in [5.41, 5.74) is 0. The molecule has 0 radical (unpaired) electrons. The van der Waals surface area contributed by atoms with E-state index in [0.29, 0.717) is 19.6 Å². The molecule has 9 heteroatoms. The smallest absolute Gasteiger partial charge is 0.307 e. The Morgan fingerprint density at radius 3 is 1.33 bits per heavy atom. The Labute approximate surface area is 204 Å². The molecule has 0 spiro atoms. The van der Waals surface area contributed by atoms with Crippen LogP contribution in [-0.4, -0.2) is 32.3 Å². The molecule has 0 aromatic heterocycles. The van der Waals surface area contributed by atoms with E-state index in [1.165, 1.54) is 0 Å². The normalized spacial score (nSPS) is 13.5. The van der Waals surface area contributed by atoms with Crippen molar-refractivity contribution in [2.24, 2.45) is 0 Å². The Morgan fingerprint density at radius 1 is 0.515 bits per heavy atom. The lowest BCUT2D eigenvalue weighted by Gasteiger charge is -2.29. The summed E-state index contributed by atoms with van der Waals surface area (Å²) in [7, 11) is -7.58. The van der Waals surface area contributed by atoms with Gasteiger partial charge in [-0.2, -0.15) is 0 Å². The van der Waals surface area contributed by atoms with Crippen LogP contribution in [0.25, 0.3) is 0 Å². The maximum absolute atomic E-state index is 13.9. The zero-order valence-corrected chi connectivity index (χ0v) is 23.8. The van der Waals surface area contributed by atoms with Gasteiger partial charge in [0.15, 0.2) is 5.85 Å². The number of unbranched alkanes of at least 4 members (excludes halogenated alkanes) is 8. The highest BCUT2D eigenvalue weighted by Crippen LogP contribution is 2.62. The van der Waals surface area contributed by atoms with Gasteiger partial charge in [0.25, 0.3) is 0 Å². The van der Waals surface area contributed by atoms with Crippen LogP contribution in [0.5, 0.6) is 0 Å². The molecule has 0 amide bonds.